The van der Waals surface area contributed by atoms with E-state index < -0.39 is 0 Å². The van der Waals surface area contributed by atoms with Crippen molar-refractivity contribution in [2.75, 3.05) is 31.1 Å². The molecule has 1 fully saturated rings. The number of ether oxygens (including phenoxy) is 1. The Labute approximate surface area is 194 Å². The minimum absolute atomic E-state index is 0.0108. The fraction of sp³-hybridized carbons (Fsp3) is 0.462. The van der Waals surface area contributed by atoms with E-state index >= 15 is 0 Å². The number of benzene rings is 2. The van der Waals surface area contributed by atoms with Crippen molar-refractivity contribution in [3.63, 3.8) is 0 Å². The van der Waals surface area contributed by atoms with Crippen molar-refractivity contribution in [1.29, 1.82) is 0 Å². The summed E-state index contributed by atoms with van der Waals surface area (Å²) in [4.78, 5) is 19.7. The third-order valence-corrected chi connectivity index (χ3v) is 6.14. The summed E-state index contributed by atoms with van der Waals surface area (Å²) in [6.45, 7) is 7.23. The molecule has 176 valence electrons. The molecule has 1 aromatic heterocycles. The number of hydrogen-bond donors (Lipinski definition) is 1. The van der Waals surface area contributed by atoms with Gasteiger partial charge < -0.3 is 19.5 Å². The van der Waals surface area contributed by atoms with Crippen LogP contribution in [0.1, 0.15) is 38.7 Å². The van der Waals surface area contributed by atoms with Crippen LogP contribution < -0.4 is 10.2 Å². The van der Waals surface area contributed by atoms with Gasteiger partial charge in [-0.25, -0.2) is 9.37 Å². The first-order valence-corrected chi connectivity index (χ1v) is 11.9. The van der Waals surface area contributed by atoms with Gasteiger partial charge in [0.25, 0.3) is 0 Å². The second kappa shape index (κ2) is 10.8. The minimum atomic E-state index is -0.213. The average molecular weight is 453 g/mol. The van der Waals surface area contributed by atoms with Gasteiger partial charge in [0.1, 0.15) is 5.82 Å². The number of carbonyl (C=O) groups excluding carboxylic acids is 1. The lowest BCUT2D eigenvalue weighted by Crippen LogP contribution is -2.41. The molecule has 33 heavy (non-hydrogen) atoms. The highest BCUT2D eigenvalue weighted by atomic mass is 19.1. The van der Waals surface area contributed by atoms with Crippen LogP contribution >= 0.6 is 0 Å². The highest BCUT2D eigenvalue weighted by molar-refractivity contribution is 5.80. The highest BCUT2D eigenvalue weighted by Crippen LogP contribution is 2.28. The molecule has 0 bridgehead atoms. The van der Waals surface area contributed by atoms with Crippen molar-refractivity contribution in [2.45, 2.75) is 45.8 Å². The Hall–Kier alpha value is -2.93. The Bertz CT molecular complexity index is 1070. The van der Waals surface area contributed by atoms with Gasteiger partial charge in [-0.2, -0.15) is 0 Å². The lowest BCUT2D eigenvalue weighted by Gasteiger charge is -2.32. The fourth-order valence-electron chi connectivity index (χ4n) is 4.35. The van der Waals surface area contributed by atoms with Crippen LogP contribution in [0.15, 0.2) is 48.5 Å². The largest absolute Gasteiger partial charge is 0.379 e. The van der Waals surface area contributed by atoms with Gasteiger partial charge in [0, 0.05) is 37.7 Å². The van der Waals surface area contributed by atoms with Gasteiger partial charge in [-0.3, -0.25) is 4.79 Å². The number of carbonyl (C=O) groups is 1. The van der Waals surface area contributed by atoms with Crippen LogP contribution in [0.2, 0.25) is 0 Å². The number of amides is 1. The molecule has 0 radical (unpaired) electrons. The summed E-state index contributed by atoms with van der Waals surface area (Å²) in [5.41, 5.74) is 2.52. The second-order valence-electron chi connectivity index (χ2n) is 8.90. The van der Waals surface area contributed by atoms with E-state index in [9.17, 15) is 9.18 Å². The standard InChI is InChI=1S/C26H33FN4O2/c1-19(2)33-17-7-14-28-25(32)20-12-15-30(16-13-20)26-29-23-10-5-6-11-24(23)31(26)18-21-8-3-4-9-22(21)27/h3-6,8-11,19-20H,7,12-18H2,1-2H3,(H,28,32). The zero-order valence-electron chi connectivity index (χ0n) is 19.5. The molecule has 1 saturated heterocycles. The number of nitrogens with zero attached hydrogens (tertiary/aromatic N) is 3. The molecular weight excluding hydrogens is 419 g/mol. The number of nitrogens with one attached hydrogen (secondary N) is 1. The first kappa shape index (κ1) is 23.2. The number of para-hydroxylation sites is 2. The van der Waals surface area contributed by atoms with Gasteiger partial charge in [0.2, 0.25) is 11.9 Å². The third kappa shape index (κ3) is 5.71. The molecule has 1 aliphatic rings. The summed E-state index contributed by atoms with van der Waals surface area (Å²) in [5, 5.41) is 3.05. The molecule has 1 aliphatic heterocycles. The Kier molecular flexibility index (Phi) is 7.60. The zero-order valence-corrected chi connectivity index (χ0v) is 19.5. The molecule has 4 rings (SSSR count). The van der Waals surface area contributed by atoms with Crippen LogP contribution in [0, 0.1) is 11.7 Å². The first-order valence-electron chi connectivity index (χ1n) is 11.9. The van der Waals surface area contributed by atoms with Gasteiger partial charge >= 0.3 is 0 Å². The molecule has 3 aromatic rings. The quantitative estimate of drug-likeness (QED) is 0.490. The summed E-state index contributed by atoms with van der Waals surface area (Å²) >= 11 is 0. The molecule has 7 heteroatoms. The normalized spacial score (nSPS) is 14.8. The van der Waals surface area contributed by atoms with Crippen molar-refractivity contribution in [2.24, 2.45) is 5.92 Å². The molecular formula is C26H33FN4O2. The van der Waals surface area contributed by atoms with Crippen LogP contribution in [0.25, 0.3) is 11.0 Å². The number of anilines is 1. The first-order chi connectivity index (χ1) is 16.0. The molecule has 6 nitrogen and oxygen atoms in total. The molecule has 2 aromatic carbocycles. The van der Waals surface area contributed by atoms with Crippen LogP contribution in [-0.4, -0.2) is 47.8 Å². The lowest BCUT2D eigenvalue weighted by atomic mass is 9.96. The monoisotopic (exact) mass is 452 g/mol. The fourth-order valence-corrected chi connectivity index (χ4v) is 4.35. The van der Waals surface area contributed by atoms with E-state index in [1.54, 1.807) is 6.07 Å². The third-order valence-electron chi connectivity index (χ3n) is 6.14. The van der Waals surface area contributed by atoms with Gasteiger partial charge in [-0.05, 0) is 51.3 Å². The number of imidazole rings is 1. The molecule has 0 unspecified atom stereocenters. The molecule has 0 aliphatic carbocycles. The second-order valence-corrected chi connectivity index (χ2v) is 8.90. The molecule has 1 N–H and O–H groups in total. The Morgan fingerprint density at radius 1 is 1.15 bits per heavy atom. The number of halogens is 1. The van der Waals surface area contributed by atoms with Crippen molar-refractivity contribution >= 4 is 22.9 Å². The van der Waals surface area contributed by atoms with E-state index in [-0.39, 0.29) is 23.7 Å². The highest BCUT2D eigenvalue weighted by Gasteiger charge is 2.27. The molecule has 1 amide bonds. The minimum Gasteiger partial charge on any atom is -0.379 e. The Morgan fingerprint density at radius 2 is 1.88 bits per heavy atom. The summed E-state index contributed by atoms with van der Waals surface area (Å²) < 4.78 is 22.0. The van der Waals surface area contributed by atoms with E-state index in [2.05, 4.69) is 14.8 Å². The van der Waals surface area contributed by atoms with Gasteiger partial charge in [0.15, 0.2) is 0 Å². The van der Waals surface area contributed by atoms with Gasteiger partial charge in [-0.15, -0.1) is 0 Å². The number of piperidine rings is 1. The van der Waals surface area contributed by atoms with E-state index in [1.807, 2.05) is 50.2 Å². The van der Waals surface area contributed by atoms with E-state index in [0.29, 0.717) is 25.3 Å². The maximum absolute atomic E-state index is 14.4. The number of fused-ring (bicyclic) bond motifs is 1. The summed E-state index contributed by atoms with van der Waals surface area (Å²) in [6.07, 6.45) is 2.59. The van der Waals surface area contributed by atoms with Crippen LogP contribution in [0.3, 0.4) is 0 Å². The predicted octanol–water partition coefficient (Wildman–Crippen LogP) is 4.37. The van der Waals surface area contributed by atoms with Crippen LogP contribution in [0.5, 0.6) is 0 Å². The number of aromatic nitrogens is 2. The Balaban J connectivity index is 1.41. The maximum Gasteiger partial charge on any atom is 0.223 e. The van der Waals surface area contributed by atoms with Crippen molar-refractivity contribution in [3.05, 3.63) is 59.9 Å². The maximum atomic E-state index is 14.4. The van der Waals surface area contributed by atoms with Crippen molar-refractivity contribution < 1.29 is 13.9 Å². The van der Waals surface area contributed by atoms with Gasteiger partial charge in [0.05, 0.1) is 23.7 Å². The van der Waals surface area contributed by atoms with E-state index in [1.165, 1.54) is 6.07 Å². The molecule has 2 heterocycles. The summed E-state index contributed by atoms with van der Waals surface area (Å²) in [7, 11) is 0. The molecule has 0 atom stereocenters. The topological polar surface area (TPSA) is 59.4 Å². The predicted molar refractivity (Wildman–Crippen MR) is 129 cm³/mol. The van der Waals surface area contributed by atoms with E-state index in [4.69, 9.17) is 9.72 Å². The van der Waals surface area contributed by atoms with E-state index in [0.717, 1.165) is 49.3 Å². The molecule has 0 spiro atoms. The lowest BCUT2D eigenvalue weighted by molar-refractivity contribution is -0.125. The van der Waals surface area contributed by atoms with Crippen LogP contribution in [-0.2, 0) is 16.1 Å². The number of hydrogen-bond acceptors (Lipinski definition) is 4. The zero-order chi connectivity index (χ0) is 23.2. The van der Waals surface area contributed by atoms with Gasteiger partial charge in [-0.1, -0.05) is 30.3 Å². The SMILES string of the molecule is CC(C)OCCCNC(=O)C1CCN(c2nc3ccccc3n2Cc2ccccc2F)CC1. The smallest absolute Gasteiger partial charge is 0.223 e. The summed E-state index contributed by atoms with van der Waals surface area (Å²) in [6, 6.07) is 14.8. The molecule has 0 saturated carbocycles. The Morgan fingerprint density at radius 3 is 2.64 bits per heavy atom. The van der Waals surface area contributed by atoms with Crippen molar-refractivity contribution in [3.8, 4) is 0 Å². The summed E-state index contributed by atoms with van der Waals surface area (Å²) in [5.74, 6) is 0.760. The van der Waals surface area contributed by atoms with Crippen molar-refractivity contribution in [1.82, 2.24) is 14.9 Å². The number of rotatable bonds is 9. The average Bonchev–Trinajstić information content (AvgIpc) is 3.18. The van der Waals surface area contributed by atoms with Crippen LogP contribution in [0.4, 0.5) is 10.3 Å².